The standard InChI is InChI=1S/C14H20N2O/c17-14(13-3-1-2-7-16-13)12-9-15-8-6-11(12)10-4-5-10/h6,8-10,13-14,16-17H,1-5,7H2/t13-,14?/m0/s1. The van der Waals surface area contributed by atoms with Gasteiger partial charge in [0.2, 0.25) is 0 Å². The lowest BCUT2D eigenvalue weighted by Crippen LogP contribution is -2.39. The van der Waals surface area contributed by atoms with E-state index in [2.05, 4.69) is 16.4 Å². The van der Waals surface area contributed by atoms with Gasteiger partial charge in [-0.1, -0.05) is 6.42 Å². The summed E-state index contributed by atoms with van der Waals surface area (Å²) in [6, 6.07) is 2.30. The zero-order valence-corrected chi connectivity index (χ0v) is 10.1. The summed E-state index contributed by atoms with van der Waals surface area (Å²) in [5.74, 6) is 0.672. The average Bonchev–Trinajstić information content (AvgIpc) is 3.23. The Hall–Kier alpha value is -0.930. The molecule has 2 fully saturated rings. The summed E-state index contributed by atoms with van der Waals surface area (Å²) in [4.78, 5) is 4.18. The number of hydrogen-bond donors (Lipinski definition) is 2. The highest BCUT2D eigenvalue weighted by molar-refractivity contribution is 5.33. The first-order chi connectivity index (χ1) is 8.36. The van der Waals surface area contributed by atoms with Gasteiger partial charge in [-0.05, 0) is 49.8 Å². The van der Waals surface area contributed by atoms with E-state index in [1.165, 1.54) is 31.2 Å². The Morgan fingerprint density at radius 2 is 2.18 bits per heavy atom. The lowest BCUT2D eigenvalue weighted by atomic mass is 9.92. The van der Waals surface area contributed by atoms with Crippen molar-refractivity contribution in [2.24, 2.45) is 0 Å². The third kappa shape index (κ3) is 2.35. The van der Waals surface area contributed by atoms with Gasteiger partial charge in [0, 0.05) is 24.0 Å². The molecule has 1 aliphatic carbocycles. The fraction of sp³-hybridized carbons (Fsp3) is 0.643. The van der Waals surface area contributed by atoms with Crippen LogP contribution in [0.4, 0.5) is 0 Å². The number of piperidine rings is 1. The third-order valence-electron chi connectivity index (χ3n) is 3.95. The molecule has 1 saturated heterocycles. The second-order valence-electron chi connectivity index (χ2n) is 5.28. The molecule has 3 heteroatoms. The quantitative estimate of drug-likeness (QED) is 0.839. The third-order valence-corrected chi connectivity index (χ3v) is 3.95. The smallest absolute Gasteiger partial charge is 0.0960 e. The number of aliphatic hydroxyl groups excluding tert-OH is 1. The van der Waals surface area contributed by atoms with Crippen LogP contribution < -0.4 is 5.32 Å². The average molecular weight is 232 g/mol. The molecule has 0 amide bonds. The highest BCUT2D eigenvalue weighted by Crippen LogP contribution is 2.43. The number of rotatable bonds is 3. The van der Waals surface area contributed by atoms with Crippen molar-refractivity contribution in [3.05, 3.63) is 29.6 Å². The molecule has 3 rings (SSSR count). The first-order valence-electron chi connectivity index (χ1n) is 6.71. The Bertz CT molecular complexity index is 384. The zero-order valence-electron chi connectivity index (χ0n) is 10.1. The molecule has 17 heavy (non-hydrogen) atoms. The van der Waals surface area contributed by atoms with Crippen molar-refractivity contribution in [2.45, 2.75) is 50.2 Å². The van der Waals surface area contributed by atoms with E-state index in [0.717, 1.165) is 18.5 Å². The summed E-state index contributed by atoms with van der Waals surface area (Å²) in [6.45, 7) is 1.03. The fourth-order valence-electron chi connectivity index (χ4n) is 2.80. The van der Waals surface area contributed by atoms with E-state index in [-0.39, 0.29) is 12.1 Å². The topological polar surface area (TPSA) is 45.2 Å². The molecule has 2 atom stereocenters. The largest absolute Gasteiger partial charge is 0.387 e. The Labute approximate surface area is 102 Å². The molecule has 0 bridgehead atoms. The summed E-state index contributed by atoms with van der Waals surface area (Å²) in [5.41, 5.74) is 2.37. The summed E-state index contributed by atoms with van der Waals surface area (Å²) < 4.78 is 0. The van der Waals surface area contributed by atoms with Crippen LogP contribution in [-0.4, -0.2) is 22.7 Å². The normalized spacial score (nSPS) is 26.8. The van der Waals surface area contributed by atoms with E-state index in [1.807, 2.05) is 12.4 Å². The Balaban J connectivity index is 1.81. The van der Waals surface area contributed by atoms with Crippen molar-refractivity contribution in [3.8, 4) is 0 Å². The molecule has 0 spiro atoms. The molecular formula is C14H20N2O. The van der Waals surface area contributed by atoms with E-state index in [0.29, 0.717) is 5.92 Å². The van der Waals surface area contributed by atoms with E-state index in [4.69, 9.17) is 0 Å². The van der Waals surface area contributed by atoms with Crippen LogP contribution in [-0.2, 0) is 0 Å². The number of hydrogen-bond acceptors (Lipinski definition) is 3. The van der Waals surface area contributed by atoms with Crippen LogP contribution in [0.3, 0.4) is 0 Å². The van der Waals surface area contributed by atoms with Crippen molar-refractivity contribution in [3.63, 3.8) is 0 Å². The number of aliphatic hydroxyl groups is 1. The number of aromatic nitrogens is 1. The van der Waals surface area contributed by atoms with Gasteiger partial charge in [-0.3, -0.25) is 4.98 Å². The van der Waals surface area contributed by atoms with E-state index < -0.39 is 0 Å². The highest BCUT2D eigenvalue weighted by Gasteiger charge is 2.31. The molecule has 1 aromatic rings. The second-order valence-corrected chi connectivity index (χ2v) is 5.28. The minimum Gasteiger partial charge on any atom is -0.387 e. The van der Waals surface area contributed by atoms with Crippen LogP contribution in [0, 0.1) is 0 Å². The number of nitrogens with zero attached hydrogens (tertiary/aromatic N) is 1. The second kappa shape index (κ2) is 4.75. The van der Waals surface area contributed by atoms with Crippen LogP contribution in [0.5, 0.6) is 0 Å². The maximum Gasteiger partial charge on any atom is 0.0960 e. The van der Waals surface area contributed by atoms with Crippen LogP contribution in [0.2, 0.25) is 0 Å². The van der Waals surface area contributed by atoms with E-state index in [9.17, 15) is 5.11 Å². The fourth-order valence-corrected chi connectivity index (χ4v) is 2.80. The molecule has 0 aromatic carbocycles. The molecule has 3 nitrogen and oxygen atoms in total. The molecule has 1 aliphatic heterocycles. The Kier molecular flexibility index (Phi) is 3.12. The maximum absolute atomic E-state index is 10.5. The monoisotopic (exact) mass is 232 g/mol. The van der Waals surface area contributed by atoms with Gasteiger partial charge in [0.05, 0.1) is 6.10 Å². The maximum atomic E-state index is 10.5. The molecule has 1 unspecified atom stereocenters. The molecule has 2 aliphatic rings. The predicted molar refractivity (Wildman–Crippen MR) is 66.8 cm³/mol. The minimum absolute atomic E-state index is 0.213. The van der Waals surface area contributed by atoms with Gasteiger partial charge in [-0.15, -0.1) is 0 Å². The van der Waals surface area contributed by atoms with Gasteiger partial charge in [-0.25, -0.2) is 0 Å². The molecule has 1 aromatic heterocycles. The van der Waals surface area contributed by atoms with Gasteiger partial charge in [-0.2, -0.15) is 0 Å². The first kappa shape index (κ1) is 11.2. The SMILES string of the molecule is OC(c1cnccc1C1CC1)[C@@H]1CCCCN1. The van der Waals surface area contributed by atoms with Crippen molar-refractivity contribution >= 4 is 0 Å². The Morgan fingerprint density at radius 3 is 2.88 bits per heavy atom. The van der Waals surface area contributed by atoms with Crippen molar-refractivity contribution in [1.82, 2.24) is 10.3 Å². The van der Waals surface area contributed by atoms with Gasteiger partial charge < -0.3 is 10.4 Å². The zero-order chi connectivity index (χ0) is 11.7. The molecule has 0 radical (unpaired) electrons. The van der Waals surface area contributed by atoms with Gasteiger partial charge >= 0.3 is 0 Å². The summed E-state index contributed by atoms with van der Waals surface area (Å²) >= 11 is 0. The summed E-state index contributed by atoms with van der Waals surface area (Å²) in [6.07, 6.45) is 9.36. The molecule has 2 N–H and O–H groups in total. The van der Waals surface area contributed by atoms with Gasteiger partial charge in [0.25, 0.3) is 0 Å². The van der Waals surface area contributed by atoms with Crippen LogP contribution in [0.1, 0.15) is 55.3 Å². The lowest BCUT2D eigenvalue weighted by molar-refractivity contribution is 0.112. The van der Waals surface area contributed by atoms with Crippen molar-refractivity contribution in [2.75, 3.05) is 6.54 Å². The van der Waals surface area contributed by atoms with Crippen molar-refractivity contribution in [1.29, 1.82) is 0 Å². The number of nitrogens with one attached hydrogen (secondary N) is 1. The van der Waals surface area contributed by atoms with Crippen LogP contribution in [0.25, 0.3) is 0 Å². The van der Waals surface area contributed by atoms with Crippen LogP contribution in [0.15, 0.2) is 18.5 Å². The van der Waals surface area contributed by atoms with E-state index in [1.54, 1.807) is 0 Å². The highest BCUT2D eigenvalue weighted by atomic mass is 16.3. The Morgan fingerprint density at radius 1 is 1.29 bits per heavy atom. The van der Waals surface area contributed by atoms with Crippen LogP contribution >= 0.6 is 0 Å². The van der Waals surface area contributed by atoms with E-state index >= 15 is 0 Å². The lowest BCUT2D eigenvalue weighted by Gasteiger charge is -2.29. The van der Waals surface area contributed by atoms with Crippen molar-refractivity contribution < 1.29 is 5.11 Å². The minimum atomic E-state index is -0.389. The molecular weight excluding hydrogens is 212 g/mol. The van der Waals surface area contributed by atoms with Gasteiger partial charge in [0.15, 0.2) is 0 Å². The number of pyridine rings is 1. The predicted octanol–water partition coefficient (Wildman–Crippen LogP) is 2.13. The molecule has 2 heterocycles. The summed E-state index contributed by atoms with van der Waals surface area (Å²) in [5, 5.41) is 13.9. The molecule has 1 saturated carbocycles. The van der Waals surface area contributed by atoms with Gasteiger partial charge in [0.1, 0.15) is 0 Å². The first-order valence-corrected chi connectivity index (χ1v) is 6.71. The summed E-state index contributed by atoms with van der Waals surface area (Å²) in [7, 11) is 0. The molecule has 92 valence electrons.